The molecule has 0 bridgehead atoms. The van der Waals surface area contributed by atoms with Crippen molar-refractivity contribution in [3.05, 3.63) is 12.2 Å². The fraction of sp³-hybridized carbons (Fsp3) is 0.769. The Morgan fingerprint density at radius 1 is 1.29 bits per heavy atom. The van der Waals surface area contributed by atoms with E-state index in [2.05, 4.69) is 32.9 Å². The topological polar surface area (TPSA) is 21.4 Å². The van der Waals surface area contributed by atoms with Crippen LogP contribution in [0.1, 0.15) is 40.0 Å². The van der Waals surface area contributed by atoms with E-state index in [1.807, 2.05) is 0 Å². The van der Waals surface area contributed by atoms with Crippen molar-refractivity contribution in [3.8, 4) is 0 Å². The van der Waals surface area contributed by atoms with Crippen molar-refractivity contribution in [3.63, 3.8) is 0 Å². The summed E-state index contributed by atoms with van der Waals surface area (Å²) in [5.41, 5.74) is -0.0456. The van der Waals surface area contributed by atoms with E-state index in [0.717, 1.165) is 11.7 Å². The lowest BCUT2D eigenvalue weighted by atomic mass is 9.78. The summed E-state index contributed by atoms with van der Waals surface area (Å²) in [6.45, 7) is 6.32. The van der Waals surface area contributed by atoms with Gasteiger partial charge in [-0.1, -0.05) is 12.2 Å². The molecule has 2 aliphatic rings. The van der Waals surface area contributed by atoms with E-state index >= 15 is 0 Å². The van der Waals surface area contributed by atoms with Crippen LogP contribution in [0.5, 0.6) is 0 Å². The van der Waals surface area contributed by atoms with Gasteiger partial charge in [0, 0.05) is 0 Å². The second kappa shape index (κ2) is 3.22. The molecule has 1 N–H and O–H groups in total. The Morgan fingerprint density at radius 3 is 2.64 bits per heavy atom. The predicted molar refractivity (Wildman–Crippen MR) is 59.9 cm³/mol. The molecular formula is C13H21O+. The van der Waals surface area contributed by atoms with Crippen LogP contribution in [0.3, 0.4) is 0 Å². The van der Waals surface area contributed by atoms with E-state index in [0.29, 0.717) is 11.8 Å². The molecule has 0 unspecified atom stereocenters. The van der Waals surface area contributed by atoms with E-state index in [4.69, 9.17) is 0 Å². The maximum absolute atomic E-state index is 10.2. The number of rotatable bonds is 1. The van der Waals surface area contributed by atoms with Crippen LogP contribution < -0.4 is 0 Å². The SMILES string of the molecule is CC(C)(C)C(=[OH+])[C@H]1CC[C@H]2CC=C[C@H]21. The standard InChI is InChI=1S/C13H20O/c1-13(2,3)12(14)11-8-7-9-5-4-6-10(9)11/h4,6,9-11H,5,7-8H2,1-3H3/p+1/t9-,10-,11+/m1/s1. The van der Waals surface area contributed by atoms with Crippen LogP contribution in [0.2, 0.25) is 0 Å². The first-order valence-corrected chi connectivity index (χ1v) is 5.73. The van der Waals surface area contributed by atoms with E-state index in [-0.39, 0.29) is 5.41 Å². The smallest absolute Gasteiger partial charge is 0.283 e. The summed E-state index contributed by atoms with van der Waals surface area (Å²) in [5, 5.41) is 0. The van der Waals surface area contributed by atoms with Crippen LogP contribution in [0.4, 0.5) is 0 Å². The molecule has 0 radical (unpaired) electrons. The Bertz CT molecular complexity index is 269. The molecule has 2 aliphatic carbocycles. The zero-order valence-electron chi connectivity index (χ0n) is 9.46. The van der Waals surface area contributed by atoms with Crippen molar-refractivity contribution in [1.82, 2.24) is 0 Å². The van der Waals surface area contributed by atoms with Crippen molar-refractivity contribution < 1.29 is 4.79 Å². The molecule has 0 aliphatic heterocycles. The van der Waals surface area contributed by atoms with Gasteiger partial charge in [0.25, 0.3) is 0 Å². The maximum atomic E-state index is 10.2. The molecule has 78 valence electrons. The van der Waals surface area contributed by atoms with Gasteiger partial charge in [0.15, 0.2) is 0 Å². The highest BCUT2D eigenvalue weighted by atomic mass is 16.1. The maximum Gasteiger partial charge on any atom is 0.301 e. The summed E-state index contributed by atoms with van der Waals surface area (Å²) in [5.74, 6) is 2.61. The zero-order valence-corrected chi connectivity index (χ0v) is 9.46. The Kier molecular flexibility index (Phi) is 2.29. The first-order valence-electron chi connectivity index (χ1n) is 5.73. The van der Waals surface area contributed by atoms with Gasteiger partial charge in [-0.25, -0.2) is 0 Å². The minimum atomic E-state index is -0.0456. The van der Waals surface area contributed by atoms with E-state index in [1.165, 1.54) is 19.3 Å². The van der Waals surface area contributed by atoms with Gasteiger partial charge >= 0.3 is 5.78 Å². The van der Waals surface area contributed by atoms with Crippen LogP contribution in [-0.2, 0) is 0 Å². The fourth-order valence-corrected chi connectivity index (χ4v) is 2.96. The van der Waals surface area contributed by atoms with E-state index in [1.54, 1.807) is 0 Å². The Labute approximate surface area is 86.6 Å². The molecule has 3 atom stereocenters. The lowest BCUT2D eigenvalue weighted by molar-refractivity contribution is 0.405. The van der Waals surface area contributed by atoms with Gasteiger partial charge in [-0.05, 0) is 51.9 Å². The van der Waals surface area contributed by atoms with E-state index in [9.17, 15) is 4.79 Å². The van der Waals surface area contributed by atoms with Crippen LogP contribution in [-0.4, -0.2) is 10.6 Å². The average Bonchev–Trinajstić information content (AvgIpc) is 2.59. The number of fused-ring (bicyclic) bond motifs is 1. The Hall–Kier alpha value is -0.590. The minimum absolute atomic E-state index is 0.0456. The highest BCUT2D eigenvalue weighted by Crippen LogP contribution is 2.46. The third kappa shape index (κ3) is 1.53. The second-order valence-corrected chi connectivity index (χ2v) is 5.82. The lowest BCUT2D eigenvalue weighted by Gasteiger charge is -2.19. The van der Waals surface area contributed by atoms with Crippen molar-refractivity contribution >= 4 is 5.78 Å². The number of carbonyl (C=O) groups excluding carboxylic acids is 1. The number of hydrogen-bond acceptors (Lipinski definition) is 0. The molecule has 1 heteroatoms. The van der Waals surface area contributed by atoms with Gasteiger partial charge in [-0.15, -0.1) is 0 Å². The van der Waals surface area contributed by atoms with Gasteiger partial charge in [0.05, 0.1) is 11.3 Å². The Balaban J connectivity index is 2.13. The summed E-state index contributed by atoms with van der Waals surface area (Å²) in [7, 11) is 0. The van der Waals surface area contributed by atoms with Gasteiger partial charge in [0.2, 0.25) is 0 Å². The first kappa shape index (κ1) is 9.95. The van der Waals surface area contributed by atoms with Crippen molar-refractivity contribution in [2.24, 2.45) is 23.2 Å². The molecule has 14 heavy (non-hydrogen) atoms. The molecule has 1 saturated carbocycles. The van der Waals surface area contributed by atoms with Crippen LogP contribution in [0.15, 0.2) is 12.2 Å². The van der Waals surface area contributed by atoms with Gasteiger partial charge in [-0.3, -0.25) is 4.79 Å². The first-order chi connectivity index (χ1) is 6.50. The number of allylic oxidation sites excluding steroid dienone is 2. The molecule has 0 aromatic carbocycles. The van der Waals surface area contributed by atoms with Gasteiger partial charge in [-0.2, -0.15) is 0 Å². The zero-order chi connectivity index (χ0) is 10.3. The summed E-state index contributed by atoms with van der Waals surface area (Å²) in [6, 6.07) is 0. The molecule has 2 rings (SSSR count). The monoisotopic (exact) mass is 193 g/mol. The minimum Gasteiger partial charge on any atom is -0.283 e. The summed E-state index contributed by atoms with van der Waals surface area (Å²) < 4.78 is 0. The summed E-state index contributed by atoms with van der Waals surface area (Å²) in [4.78, 5) is 10.2. The molecule has 0 saturated heterocycles. The van der Waals surface area contributed by atoms with E-state index < -0.39 is 0 Å². The van der Waals surface area contributed by atoms with Gasteiger partial charge < -0.3 is 0 Å². The van der Waals surface area contributed by atoms with Crippen molar-refractivity contribution in [2.45, 2.75) is 40.0 Å². The molecule has 0 heterocycles. The predicted octanol–water partition coefficient (Wildman–Crippen LogP) is 3.18. The third-order valence-electron chi connectivity index (χ3n) is 3.77. The highest BCUT2D eigenvalue weighted by molar-refractivity contribution is 5.87. The molecule has 0 aromatic rings. The number of ketones is 1. The quantitative estimate of drug-likeness (QED) is 0.450. The van der Waals surface area contributed by atoms with Crippen LogP contribution in [0, 0.1) is 23.2 Å². The fourth-order valence-electron chi connectivity index (χ4n) is 2.96. The average molecular weight is 193 g/mol. The van der Waals surface area contributed by atoms with Crippen LogP contribution >= 0.6 is 0 Å². The van der Waals surface area contributed by atoms with Crippen molar-refractivity contribution in [1.29, 1.82) is 0 Å². The highest BCUT2D eigenvalue weighted by Gasteiger charge is 2.46. The Morgan fingerprint density at radius 2 is 2.00 bits per heavy atom. The van der Waals surface area contributed by atoms with Crippen LogP contribution in [0.25, 0.3) is 0 Å². The normalized spacial score (nSPS) is 36.1. The molecule has 0 spiro atoms. The van der Waals surface area contributed by atoms with Crippen molar-refractivity contribution in [2.75, 3.05) is 0 Å². The molecule has 0 amide bonds. The largest absolute Gasteiger partial charge is 0.301 e. The second-order valence-electron chi connectivity index (χ2n) is 5.82. The lowest BCUT2D eigenvalue weighted by Crippen LogP contribution is -2.31. The number of hydrogen-bond donors (Lipinski definition) is 0. The van der Waals surface area contributed by atoms with Gasteiger partial charge in [0.1, 0.15) is 0 Å². The molecular weight excluding hydrogens is 172 g/mol. The summed E-state index contributed by atoms with van der Waals surface area (Å²) >= 11 is 0. The molecule has 1 nitrogen and oxygen atoms in total. The third-order valence-corrected chi connectivity index (χ3v) is 3.77. The molecule has 0 aromatic heterocycles. The summed E-state index contributed by atoms with van der Waals surface area (Å²) in [6.07, 6.45) is 8.32. The molecule has 1 fully saturated rings.